The first-order chi connectivity index (χ1) is 8.22. The van der Waals surface area contributed by atoms with Crippen molar-refractivity contribution in [1.29, 1.82) is 0 Å². The van der Waals surface area contributed by atoms with Gasteiger partial charge in [0.25, 0.3) is 0 Å². The lowest BCUT2D eigenvalue weighted by Gasteiger charge is -2.02. The molecule has 94 valence electrons. The van der Waals surface area contributed by atoms with Gasteiger partial charge in [0.1, 0.15) is 4.88 Å². The Hall–Kier alpha value is -1.16. The van der Waals surface area contributed by atoms with E-state index in [1.54, 1.807) is 13.0 Å². The fraction of sp³-hybridized carbons (Fsp3) is 0.538. The van der Waals surface area contributed by atoms with Gasteiger partial charge >= 0.3 is 5.97 Å². The summed E-state index contributed by atoms with van der Waals surface area (Å²) in [4.78, 5) is 23.6. The Bertz CT molecular complexity index is 382. The average molecular weight is 254 g/mol. The Morgan fingerprint density at radius 1 is 1.41 bits per heavy atom. The quantitative estimate of drug-likeness (QED) is 0.425. The molecule has 0 spiro atoms. The van der Waals surface area contributed by atoms with Gasteiger partial charge in [-0.1, -0.05) is 19.8 Å². The Morgan fingerprint density at radius 2 is 2.18 bits per heavy atom. The van der Waals surface area contributed by atoms with Gasteiger partial charge in [-0.05, 0) is 31.4 Å². The first-order valence-corrected chi connectivity index (χ1v) is 6.79. The molecule has 0 aliphatic carbocycles. The van der Waals surface area contributed by atoms with Crippen molar-refractivity contribution in [2.24, 2.45) is 0 Å². The number of carbonyl (C=O) groups is 2. The number of thiophene rings is 1. The molecule has 1 rings (SSSR count). The smallest absolute Gasteiger partial charge is 0.348 e. The molecule has 0 saturated carbocycles. The van der Waals surface area contributed by atoms with Crippen LogP contribution in [-0.4, -0.2) is 18.9 Å². The lowest BCUT2D eigenvalue weighted by Crippen LogP contribution is -2.05. The number of hydrogen-bond donors (Lipinski definition) is 0. The van der Waals surface area contributed by atoms with E-state index in [4.69, 9.17) is 4.74 Å². The number of aldehydes is 1. The molecule has 0 unspecified atom stereocenters. The third-order valence-corrected chi connectivity index (χ3v) is 3.54. The molecule has 0 fully saturated rings. The van der Waals surface area contributed by atoms with Crippen molar-refractivity contribution < 1.29 is 14.3 Å². The summed E-state index contributed by atoms with van der Waals surface area (Å²) in [7, 11) is 0. The maximum atomic E-state index is 11.7. The molecule has 0 aliphatic heterocycles. The highest BCUT2D eigenvalue weighted by molar-refractivity contribution is 7.15. The van der Waals surface area contributed by atoms with Gasteiger partial charge in [0.15, 0.2) is 6.29 Å². The fourth-order valence-corrected chi connectivity index (χ4v) is 2.55. The summed E-state index contributed by atoms with van der Waals surface area (Å²) in [6, 6.07) is 1.81. The summed E-state index contributed by atoms with van der Waals surface area (Å²) in [5.41, 5.74) is 0.948. The molecule has 0 amide bonds. The zero-order chi connectivity index (χ0) is 12.7. The van der Waals surface area contributed by atoms with E-state index >= 15 is 0 Å². The number of hydrogen-bond acceptors (Lipinski definition) is 4. The minimum atomic E-state index is -0.308. The average Bonchev–Trinajstić information content (AvgIpc) is 2.73. The van der Waals surface area contributed by atoms with Crippen LogP contribution < -0.4 is 0 Å². The molecule has 0 N–H and O–H groups in total. The summed E-state index contributed by atoms with van der Waals surface area (Å²) in [6.45, 7) is 4.28. The summed E-state index contributed by atoms with van der Waals surface area (Å²) in [5, 5.41) is 0. The van der Waals surface area contributed by atoms with Crippen LogP contribution in [0.2, 0.25) is 0 Å². The van der Waals surface area contributed by atoms with Gasteiger partial charge in [-0.3, -0.25) is 4.79 Å². The Morgan fingerprint density at radius 3 is 2.76 bits per heavy atom. The van der Waals surface area contributed by atoms with Crippen LogP contribution in [0.3, 0.4) is 0 Å². The van der Waals surface area contributed by atoms with Crippen LogP contribution in [0.4, 0.5) is 0 Å². The highest BCUT2D eigenvalue weighted by Crippen LogP contribution is 2.24. The van der Waals surface area contributed by atoms with E-state index in [1.807, 2.05) is 0 Å². The molecule has 3 nitrogen and oxygen atoms in total. The van der Waals surface area contributed by atoms with Crippen LogP contribution in [0.1, 0.15) is 58.0 Å². The van der Waals surface area contributed by atoms with Crippen LogP contribution in [-0.2, 0) is 11.2 Å². The summed E-state index contributed by atoms with van der Waals surface area (Å²) < 4.78 is 4.99. The van der Waals surface area contributed by atoms with Gasteiger partial charge in [-0.15, -0.1) is 11.3 Å². The SMILES string of the molecule is CCCCCc1cc(C=O)sc1C(=O)OCC. The number of unbranched alkanes of at least 4 members (excludes halogenated alkanes) is 2. The standard InChI is InChI=1S/C13H18O3S/c1-3-5-6-7-10-8-11(9-14)17-12(10)13(15)16-4-2/h8-9H,3-7H2,1-2H3. The van der Waals surface area contributed by atoms with Gasteiger partial charge in [0.05, 0.1) is 11.5 Å². The predicted molar refractivity (Wildman–Crippen MR) is 68.9 cm³/mol. The van der Waals surface area contributed by atoms with E-state index in [9.17, 15) is 9.59 Å². The van der Waals surface area contributed by atoms with Crippen LogP contribution in [0.15, 0.2) is 6.07 Å². The molecule has 1 aromatic heterocycles. The number of ether oxygens (including phenoxy) is 1. The van der Waals surface area contributed by atoms with Gasteiger partial charge < -0.3 is 4.74 Å². The predicted octanol–water partition coefficient (Wildman–Crippen LogP) is 3.47. The molecular formula is C13H18O3S. The van der Waals surface area contributed by atoms with Crippen LogP contribution in [0.25, 0.3) is 0 Å². The Balaban J connectivity index is 2.81. The van der Waals surface area contributed by atoms with Crippen LogP contribution in [0.5, 0.6) is 0 Å². The van der Waals surface area contributed by atoms with Crippen molar-refractivity contribution in [3.63, 3.8) is 0 Å². The molecule has 0 aliphatic rings. The van der Waals surface area contributed by atoms with Crippen molar-refractivity contribution >= 4 is 23.6 Å². The number of rotatable bonds is 7. The zero-order valence-electron chi connectivity index (χ0n) is 10.3. The van der Waals surface area contributed by atoms with Gasteiger partial charge in [-0.2, -0.15) is 0 Å². The number of esters is 1. The summed E-state index contributed by atoms with van der Waals surface area (Å²) in [5.74, 6) is -0.308. The molecule has 17 heavy (non-hydrogen) atoms. The van der Waals surface area contributed by atoms with Crippen molar-refractivity contribution in [3.8, 4) is 0 Å². The number of aryl methyl sites for hydroxylation is 1. The largest absolute Gasteiger partial charge is 0.462 e. The first kappa shape index (κ1) is 13.9. The molecule has 4 heteroatoms. The van der Waals surface area contributed by atoms with E-state index in [0.717, 1.165) is 37.5 Å². The maximum Gasteiger partial charge on any atom is 0.348 e. The van der Waals surface area contributed by atoms with Gasteiger partial charge in [0, 0.05) is 0 Å². The van der Waals surface area contributed by atoms with E-state index in [-0.39, 0.29) is 5.97 Å². The van der Waals surface area contributed by atoms with Crippen LogP contribution in [0, 0.1) is 0 Å². The molecule has 0 saturated heterocycles. The van der Waals surface area contributed by atoms with Crippen molar-refractivity contribution in [3.05, 3.63) is 21.4 Å². The minimum Gasteiger partial charge on any atom is -0.462 e. The molecule has 0 radical (unpaired) electrons. The number of carbonyl (C=O) groups excluding carboxylic acids is 2. The normalized spacial score (nSPS) is 10.2. The lowest BCUT2D eigenvalue weighted by molar-refractivity contribution is 0.0531. The van der Waals surface area contributed by atoms with Gasteiger partial charge in [-0.25, -0.2) is 4.79 Å². The second-order valence-electron chi connectivity index (χ2n) is 3.80. The third-order valence-electron chi connectivity index (χ3n) is 2.45. The van der Waals surface area contributed by atoms with E-state index in [1.165, 1.54) is 11.3 Å². The molecule has 1 aromatic rings. The van der Waals surface area contributed by atoms with Crippen molar-refractivity contribution in [2.45, 2.75) is 39.5 Å². The Labute approximate surface area is 106 Å². The van der Waals surface area contributed by atoms with Crippen molar-refractivity contribution in [1.82, 2.24) is 0 Å². The van der Waals surface area contributed by atoms with E-state index < -0.39 is 0 Å². The topological polar surface area (TPSA) is 43.4 Å². The fourth-order valence-electron chi connectivity index (χ4n) is 1.63. The zero-order valence-corrected chi connectivity index (χ0v) is 11.1. The molecule has 0 atom stereocenters. The second kappa shape index (κ2) is 7.22. The van der Waals surface area contributed by atoms with E-state index in [2.05, 4.69) is 6.92 Å². The first-order valence-electron chi connectivity index (χ1n) is 5.97. The minimum absolute atomic E-state index is 0.308. The molecule has 1 heterocycles. The highest BCUT2D eigenvalue weighted by atomic mass is 32.1. The summed E-state index contributed by atoms with van der Waals surface area (Å²) >= 11 is 1.22. The third kappa shape index (κ3) is 3.97. The second-order valence-corrected chi connectivity index (χ2v) is 4.88. The van der Waals surface area contributed by atoms with Crippen molar-refractivity contribution in [2.75, 3.05) is 6.61 Å². The molecular weight excluding hydrogens is 236 g/mol. The molecule has 0 bridgehead atoms. The highest BCUT2D eigenvalue weighted by Gasteiger charge is 2.16. The monoisotopic (exact) mass is 254 g/mol. The lowest BCUT2D eigenvalue weighted by atomic mass is 10.1. The maximum absolute atomic E-state index is 11.7. The molecule has 0 aromatic carbocycles. The van der Waals surface area contributed by atoms with Crippen LogP contribution >= 0.6 is 11.3 Å². The van der Waals surface area contributed by atoms with Gasteiger partial charge in [0.2, 0.25) is 0 Å². The van der Waals surface area contributed by atoms with E-state index in [0.29, 0.717) is 16.4 Å². The summed E-state index contributed by atoms with van der Waals surface area (Å²) in [6.07, 6.45) is 4.94. The Kier molecular flexibility index (Phi) is 5.91.